The van der Waals surface area contributed by atoms with E-state index in [0.717, 1.165) is 30.6 Å². The van der Waals surface area contributed by atoms with Crippen LogP contribution in [0.4, 0.5) is 5.95 Å². The number of anilines is 1. The van der Waals surface area contributed by atoms with E-state index in [4.69, 9.17) is 19.3 Å². The number of benzene rings is 1. The molecule has 2 aromatic rings. The molecule has 0 saturated carbocycles. The fourth-order valence-corrected chi connectivity index (χ4v) is 4.82. The fourth-order valence-electron chi connectivity index (χ4n) is 4.14. The number of aromatic nitrogens is 3. The van der Waals surface area contributed by atoms with Crippen LogP contribution in [0.25, 0.3) is 0 Å². The van der Waals surface area contributed by atoms with E-state index >= 15 is 0 Å². The van der Waals surface area contributed by atoms with Crippen molar-refractivity contribution in [1.82, 2.24) is 19.7 Å². The Kier molecular flexibility index (Phi) is 9.45. The summed E-state index contributed by atoms with van der Waals surface area (Å²) in [6.45, 7) is 8.62. The van der Waals surface area contributed by atoms with Gasteiger partial charge in [0.2, 0.25) is 11.1 Å². The summed E-state index contributed by atoms with van der Waals surface area (Å²) in [6, 6.07) is 6.90. The highest BCUT2D eigenvalue weighted by Gasteiger charge is 2.35. The lowest BCUT2D eigenvalue weighted by atomic mass is 9.96. The minimum Gasteiger partial charge on any atom is -0.484 e. The van der Waals surface area contributed by atoms with Gasteiger partial charge in [0.05, 0.1) is 25.4 Å². The van der Waals surface area contributed by atoms with Crippen LogP contribution in [0.15, 0.2) is 40.7 Å². The van der Waals surface area contributed by atoms with Crippen molar-refractivity contribution in [2.75, 3.05) is 50.6 Å². The maximum Gasteiger partial charge on any atom is 0.338 e. The average molecular weight is 530 g/mol. The summed E-state index contributed by atoms with van der Waals surface area (Å²) in [4.78, 5) is 32.0. The summed E-state index contributed by atoms with van der Waals surface area (Å²) < 4.78 is 18.4. The number of carbonyl (C=O) groups is 2. The van der Waals surface area contributed by atoms with E-state index in [-0.39, 0.29) is 18.5 Å². The molecule has 1 N–H and O–H groups in total. The number of fused-ring (bicyclic) bond motifs is 1. The van der Waals surface area contributed by atoms with Gasteiger partial charge >= 0.3 is 5.97 Å². The Hall–Kier alpha value is -3.05. The van der Waals surface area contributed by atoms with Gasteiger partial charge in [-0.1, -0.05) is 44.2 Å². The SMILES string of the molecule is CCCCOC(=O)C1=C(C)Nc2nc(SCCC)nn2C1c1ccc(OCC(=O)N2CCOCC2)cc1. The van der Waals surface area contributed by atoms with Crippen LogP contribution in [0.3, 0.4) is 0 Å². The second kappa shape index (κ2) is 13.0. The Bertz CT molecular complexity index is 1110. The van der Waals surface area contributed by atoms with Gasteiger partial charge in [0.25, 0.3) is 5.91 Å². The quantitative estimate of drug-likeness (QED) is 0.265. The Morgan fingerprint density at radius 1 is 1.16 bits per heavy atom. The number of amides is 1. The average Bonchev–Trinajstić information content (AvgIpc) is 3.33. The molecule has 10 nitrogen and oxygen atoms in total. The molecule has 1 aromatic heterocycles. The van der Waals surface area contributed by atoms with Crippen LogP contribution < -0.4 is 10.1 Å². The van der Waals surface area contributed by atoms with Crippen LogP contribution >= 0.6 is 11.8 Å². The molecule has 1 amide bonds. The zero-order valence-corrected chi connectivity index (χ0v) is 22.5. The standard InChI is InChI=1S/C26H35N5O5S/c1-4-6-13-35-24(33)22-18(3)27-25-28-26(37-16-5-2)29-31(25)23(22)19-7-9-20(10-8-19)36-17-21(32)30-11-14-34-15-12-30/h7-10,23H,4-6,11-17H2,1-3H3,(H,27,28,29). The van der Waals surface area contributed by atoms with Crippen molar-refractivity contribution >= 4 is 29.6 Å². The molecule has 0 aliphatic carbocycles. The van der Waals surface area contributed by atoms with Gasteiger partial charge in [-0.15, -0.1) is 5.10 Å². The van der Waals surface area contributed by atoms with E-state index in [2.05, 4.69) is 24.1 Å². The van der Waals surface area contributed by atoms with Gasteiger partial charge in [-0.05, 0) is 37.5 Å². The molecule has 1 saturated heterocycles. The van der Waals surface area contributed by atoms with E-state index in [9.17, 15) is 9.59 Å². The maximum atomic E-state index is 13.2. The van der Waals surface area contributed by atoms with Gasteiger partial charge < -0.3 is 24.4 Å². The van der Waals surface area contributed by atoms with Crippen molar-refractivity contribution in [2.45, 2.75) is 51.2 Å². The molecular weight excluding hydrogens is 494 g/mol. The van der Waals surface area contributed by atoms with Crippen molar-refractivity contribution in [3.8, 4) is 5.75 Å². The molecule has 1 aromatic carbocycles. The number of morpholine rings is 1. The van der Waals surface area contributed by atoms with Gasteiger partial charge in [-0.2, -0.15) is 4.98 Å². The third-order valence-corrected chi connectivity index (χ3v) is 7.18. The number of nitrogens with one attached hydrogen (secondary N) is 1. The summed E-state index contributed by atoms with van der Waals surface area (Å²) in [5.41, 5.74) is 2.03. The van der Waals surface area contributed by atoms with Crippen molar-refractivity contribution in [1.29, 1.82) is 0 Å². The van der Waals surface area contributed by atoms with E-state index < -0.39 is 6.04 Å². The minimum atomic E-state index is -0.502. The van der Waals surface area contributed by atoms with Gasteiger partial charge in [-0.25, -0.2) is 9.48 Å². The Morgan fingerprint density at radius 2 is 1.92 bits per heavy atom. The number of thioether (sulfide) groups is 1. The van der Waals surface area contributed by atoms with Crippen LogP contribution in [-0.4, -0.2) is 76.8 Å². The van der Waals surface area contributed by atoms with Crippen molar-refractivity contribution in [3.63, 3.8) is 0 Å². The number of unbranched alkanes of at least 4 members (excludes halogenated alkanes) is 1. The first-order valence-electron chi connectivity index (χ1n) is 12.8. The summed E-state index contributed by atoms with van der Waals surface area (Å²) in [7, 11) is 0. The second-order valence-electron chi connectivity index (χ2n) is 8.92. The summed E-state index contributed by atoms with van der Waals surface area (Å²) in [6.07, 6.45) is 2.75. The van der Waals surface area contributed by atoms with Crippen LogP contribution in [0, 0.1) is 0 Å². The summed E-state index contributed by atoms with van der Waals surface area (Å²) in [5.74, 6) is 1.63. The molecule has 1 unspecified atom stereocenters. The topological polar surface area (TPSA) is 108 Å². The number of hydrogen-bond donors (Lipinski definition) is 1. The molecular formula is C26H35N5O5S. The Balaban J connectivity index is 1.55. The molecule has 2 aliphatic heterocycles. The van der Waals surface area contributed by atoms with E-state index in [1.807, 2.05) is 31.2 Å². The highest BCUT2D eigenvalue weighted by Crippen LogP contribution is 2.37. The van der Waals surface area contributed by atoms with E-state index in [1.54, 1.807) is 21.3 Å². The monoisotopic (exact) mass is 529 g/mol. The molecule has 200 valence electrons. The molecule has 0 spiro atoms. The van der Waals surface area contributed by atoms with Crippen molar-refractivity contribution in [3.05, 3.63) is 41.1 Å². The first kappa shape index (κ1) is 27.0. The summed E-state index contributed by atoms with van der Waals surface area (Å²) in [5, 5.41) is 8.60. The lowest BCUT2D eigenvalue weighted by molar-refractivity contribution is -0.140. The van der Waals surface area contributed by atoms with Gasteiger partial charge in [0, 0.05) is 24.5 Å². The molecule has 11 heteroatoms. The second-order valence-corrected chi connectivity index (χ2v) is 9.98. The van der Waals surface area contributed by atoms with E-state index in [0.29, 0.717) is 61.0 Å². The van der Waals surface area contributed by atoms with Crippen LogP contribution in [0.5, 0.6) is 5.75 Å². The predicted octanol–water partition coefficient (Wildman–Crippen LogP) is 3.65. The first-order chi connectivity index (χ1) is 18.0. The molecule has 1 fully saturated rings. The number of esters is 1. The molecule has 2 aliphatic rings. The summed E-state index contributed by atoms with van der Waals surface area (Å²) >= 11 is 1.58. The molecule has 3 heterocycles. The number of hydrogen-bond acceptors (Lipinski definition) is 9. The molecule has 4 rings (SSSR count). The highest BCUT2D eigenvalue weighted by atomic mass is 32.2. The van der Waals surface area contributed by atoms with Crippen molar-refractivity contribution < 1.29 is 23.8 Å². The van der Waals surface area contributed by atoms with Crippen LogP contribution in [0.2, 0.25) is 0 Å². The van der Waals surface area contributed by atoms with Gasteiger partial charge in [0.15, 0.2) is 6.61 Å². The minimum absolute atomic E-state index is 0.0358. The van der Waals surface area contributed by atoms with Gasteiger partial charge in [0.1, 0.15) is 11.8 Å². The Morgan fingerprint density at radius 3 is 2.62 bits per heavy atom. The lowest BCUT2D eigenvalue weighted by Crippen LogP contribution is -2.42. The Labute approximate surface area is 221 Å². The fraction of sp³-hybridized carbons (Fsp3) is 0.538. The van der Waals surface area contributed by atoms with E-state index in [1.165, 1.54) is 0 Å². The number of allylic oxidation sites excluding steroid dienone is 1. The normalized spacial score (nSPS) is 17.3. The highest BCUT2D eigenvalue weighted by molar-refractivity contribution is 7.99. The predicted molar refractivity (Wildman–Crippen MR) is 141 cm³/mol. The number of carbonyl (C=O) groups excluding carboxylic acids is 2. The molecule has 37 heavy (non-hydrogen) atoms. The first-order valence-corrected chi connectivity index (χ1v) is 13.8. The smallest absolute Gasteiger partial charge is 0.338 e. The van der Waals surface area contributed by atoms with Crippen LogP contribution in [0.1, 0.15) is 51.6 Å². The largest absolute Gasteiger partial charge is 0.484 e. The molecule has 0 radical (unpaired) electrons. The van der Waals surface area contributed by atoms with Crippen LogP contribution in [-0.2, 0) is 19.1 Å². The lowest BCUT2D eigenvalue weighted by Gasteiger charge is -2.28. The third kappa shape index (κ3) is 6.64. The number of nitrogens with zero attached hydrogens (tertiary/aromatic N) is 4. The maximum absolute atomic E-state index is 13.2. The van der Waals surface area contributed by atoms with Crippen molar-refractivity contribution in [2.24, 2.45) is 0 Å². The zero-order valence-electron chi connectivity index (χ0n) is 21.7. The number of rotatable bonds is 11. The van der Waals surface area contributed by atoms with Gasteiger partial charge in [-0.3, -0.25) is 4.79 Å². The molecule has 1 atom stereocenters. The zero-order chi connectivity index (χ0) is 26.2. The number of ether oxygens (including phenoxy) is 3. The third-order valence-electron chi connectivity index (χ3n) is 6.14. The molecule has 0 bridgehead atoms.